The Kier molecular flexibility index (Phi) is 6.09. The predicted molar refractivity (Wildman–Crippen MR) is 124 cm³/mol. The summed E-state index contributed by atoms with van der Waals surface area (Å²) >= 11 is 0. The zero-order valence-electron chi connectivity index (χ0n) is 18.2. The third-order valence-corrected chi connectivity index (χ3v) is 5.93. The van der Waals surface area contributed by atoms with E-state index in [2.05, 4.69) is 6.07 Å². The molecule has 0 bridgehead atoms. The number of nitrogens with zero attached hydrogens (tertiary/aromatic N) is 1. The number of ether oxygens (including phenoxy) is 2. The molecule has 0 N–H and O–H groups in total. The molecule has 4 heteroatoms. The lowest BCUT2D eigenvalue weighted by molar-refractivity contribution is -0.147. The predicted octanol–water partition coefficient (Wildman–Crippen LogP) is 6.40. The van der Waals surface area contributed by atoms with E-state index < -0.39 is 0 Å². The Balaban J connectivity index is 1.41. The molecule has 1 fully saturated rings. The molecule has 0 amide bonds. The highest BCUT2D eigenvalue weighted by Gasteiger charge is 2.64. The minimum atomic E-state index is -0.333. The largest absolute Gasteiger partial charge is 0.461 e. The summed E-state index contributed by atoms with van der Waals surface area (Å²) in [6, 6.07) is 29.0. The molecule has 0 saturated heterocycles. The molecule has 0 aromatic heterocycles. The molecule has 0 heterocycles. The highest BCUT2D eigenvalue weighted by Crippen LogP contribution is 2.62. The Hall–Kier alpha value is -3.84. The molecular weight excluding hydrogens is 398 g/mol. The molecule has 0 radical (unpaired) electrons. The van der Waals surface area contributed by atoms with Gasteiger partial charge in [-0.1, -0.05) is 74.5 Å². The van der Waals surface area contributed by atoms with E-state index in [1.807, 2.05) is 105 Å². The number of carbonyl (C=O) groups is 1. The van der Waals surface area contributed by atoms with Gasteiger partial charge in [-0.25, -0.2) is 0 Å². The first kappa shape index (κ1) is 21.4. The summed E-state index contributed by atoms with van der Waals surface area (Å²) in [5.41, 5.74) is 2.10. The second-order valence-electron chi connectivity index (χ2n) is 8.57. The summed E-state index contributed by atoms with van der Waals surface area (Å²) in [5, 5.41) is 9.70. The average Bonchev–Trinajstić information content (AvgIpc) is 3.39. The van der Waals surface area contributed by atoms with Crippen molar-refractivity contribution >= 4 is 12.0 Å². The van der Waals surface area contributed by atoms with Crippen molar-refractivity contribution in [2.75, 3.05) is 0 Å². The molecule has 1 aliphatic carbocycles. The first-order valence-electron chi connectivity index (χ1n) is 10.6. The Bertz CT molecular complexity index is 1160. The van der Waals surface area contributed by atoms with E-state index in [0.29, 0.717) is 11.3 Å². The van der Waals surface area contributed by atoms with E-state index in [9.17, 15) is 10.1 Å². The van der Waals surface area contributed by atoms with E-state index in [1.165, 1.54) is 0 Å². The smallest absolute Gasteiger partial charge is 0.310 e. The molecule has 3 aromatic rings. The second-order valence-corrected chi connectivity index (χ2v) is 8.57. The topological polar surface area (TPSA) is 59.3 Å². The van der Waals surface area contributed by atoms with Crippen molar-refractivity contribution in [2.45, 2.75) is 20.5 Å². The van der Waals surface area contributed by atoms with E-state index in [4.69, 9.17) is 9.47 Å². The minimum absolute atomic E-state index is 0.145. The number of hydrogen-bond donors (Lipinski definition) is 0. The fraction of sp³-hybridized carbons (Fsp3) is 0.214. The highest BCUT2D eigenvalue weighted by atomic mass is 16.5. The number of nitriles is 1. The lowest BCUT2D eigenvalue weighted by Gasteiger charge is -2.09. The summed E-state index contributed by atoms with van der Waals surface area (Å²) in [5.74, 6) is 0.683. The molecule has 4 nitrogen and oxygen atoms in total. The number of benzene rings is 3. The van der Waals surface area contributed by atoms with Crippen molar-refractivity contribution in [3.63, 3.8) is 0 Å². The number of hydrogen-bond acceptors (Lipinski definition) is 4. The van der Waals surface area contributed by atoms with Gasteiger partial charge in [-0.3, -0.25) is 4.79 Å². The van der Waals surface area contributed by atoms with E-state index in [-0.39, 0.29) is 29.8 Å². The Morgan fingerprint density at radius 2 is 1.59 bits per heavy atom. The molecule has 0 spiro atoms. The van der Waals surface area contributed by atoms with Crippen LogP contribution >= 0.6 is 0 Å². The van der Waals surface area contributed by atoms with Crippen molar-refractivity contribution in [1.82, 2.24) is 0 Å². The molecule has 0 aliphatic heterocycles. The van der Waals surface area contributed by atoms with Gasteiger partial charge >= 0.3 is 5.97 Å². The Morgan fingerprint density at radius 1 is 0.938 bits per heavy atom. The van der Waals surface area contributed by atoms with Crippen LogP contribution in [0.5, 0.6) is 11.5 Å². The van der Waals surface area contributed by atoms with Gasteiger partial charge in [0.05, 0.1) is 12.0 Å². The number of esters is 1. The fourth-order valence-corrected chi connectivity index (χ4v) is 4.15. The van der Waals surface area contributed by atoms with Gasteiger partial charge in [-0.05, 0) is 46.9 Å². The first-order valence-corrected chi connectivity index (χ1v) is 10.6. The maximum absolute atomic E-state index is 12.9. The van der Waals surface area contributed by atoms with Crippen molar-refractivity contribution in [3.8, 4) is 17.6 Å². The molecule has 0 unspecified atom stereocenters. The third-order valence-electron chi connectivity index (χ3n) is 5.93. The molecule has 4 rings (SSSR count). The summed E-state index contributed by atoms with van der Waals surface area (Å²) in [7, 11) is 0. The second kappa shape index (κ2) is 9.11. The maximum atomic E-state index is 12.9. The van der Waals surface area contributed by atoms with Gasteiger partial charge < -0.3 is 9.47 Å². The standard InChI is InChI=1S/C28H25NO3/c1-28(2)25(22(18-29)16-20-10-5-3-6-11-20)26(28)27(30)31-19-21-12-9-15-24(17-21)32-23-13-7-4-8-14-23/h3-17,25-26H,19H2,1-2H3/b22-16+/t25-,26+/m1/s1. The van der Waals surface area contributed by atoms with Gasteiger partial charge in [-0.15, -0.1) is 0 Å². The van der Waals surface area contributed by atoms with Crippen LogP contribution in [0.25, 0.3) is 6.08 Å². The zero-order chi connectivity index (χ0) is 22.6. The van der Waals surface area contributed by atoms with Gasteiger partial charge in [0, 0.05) is 11.5 Å². The fourth-order valence-electron chi connectivity index (χ4n) is 4.15. The molecule has 2 atom stereocenters. The summed E-state index contributed by atoms with van der Waals surface area (Å²) < 4.78 is 11.5. The Labute approximate surface area is 188 Å². The van der Waals surface area contributed by atoms with Crippen molar-refractivity contribution in [2.24, 2.45) is 17.3 Å². The van der Waals surface area contributed by atoms with Crippen LogP contribution in [0.1, 0.15) is 25.0 Å². The monoisotopic (exact) mass is 423 g/mol. The summed E-state index contributed by atoms with van der Waals surface area (Å²) in [6.45, 7) is 4.18. The van der Waals surface area contributed by atoms with E-state index >= 15 is 0 Å². The molecule has 1 saturated carbocycles. The van der Waals surface area contributed by atoms with Crippen LogP contribution in [0.15, 0.2) is 90.5 Å². The van der Waals surface area contributed by atoms with Gasteiger partial charge in [0.15, 0.2) is 0 Å². The minimum Gasteiger partial charge on any atom is -0.461 e. The summed E-state index contributed by atoms with van der Waals surface area (Å²) in [6.07, 6.45) is 1.87. The average molecular weight is 424 g/mol. The zero-order valence-corrected chi connectivity index (χ0v) is 18.2. The van der Waals surface area contributed by atoms with Crippen LogP contribution in [0, 0.1) is 28.6 Å². The number of allylic oxidation sites excluding steroid dienone is 1. The van der Waals surface area contributed by atoms with Crippen LogP contribution in [-0.4, -0.2) is 5.97 Å². The molecular formula is C28H25NO3. The summed E-state index contributed by atoms with van der Waals surface area (Å²) in [4.78, 5) is 12.9. The van der Waals surface area contributed by atoms with Gasteiger partial charge in [0.1, 0.15) is 18.1 Å². The molecule has 160 valence electrons. The normalized spacial score (nSPS) is 19.0. The lowest BCUT2D eigenvalue weighted by Crippen LogP contribution is -2.10. The lowest BCUT2D eigenvalue weighted by atomic mass is 10.0. The van der Waals surface area contributed by atoms with Gasteiger partial charge in [0.25, 0.3) is 0 Å². The third kappa shape index (κ3) is 4.73. The van der Waals surface area contributed by atoms with Crippen LogP contribution in [0.2, 0.25) is 0 Å². The van der Waals surface area contributed by atoms with Crippen LogP contribution < -0.4 is 4.74 Å². The quantitative estimate of drug-likeness (QED) is 0.326. The SMILES string of the molecule is CC1(C)[C@H](C(=O)OCc2cccc(Oc3ccccc3)c2)[C@H]1/C(C#N)=C/c1ccccc1. The van der Waals surface area contributed by atoms with Gasteiger partial charge in [-0.2, -0.15) is 5.26 Å². The van der Waals surface area contributed by atoms with Gasteiger partial charge in [0.2, 0.25) is 0 Å². The Morgan fingerprint density at radius 3 is 2.28 bits per heavy atom. The highest BCUT2D eigenvalue weighted by molar-refractivity contribution is 5.80. The van der Waals surface area contributed by atoms with E-state index in [1.54, 1.807) is 0 Å². The molecule has 32 heavy (non-hydrogen) atoms. The number of rotatable bonds is 7. The first-order chi connectivity index (χ1) is 15.5. The molecule has 3 aromatic carbocycles. The van der Waals surface area contributed by atoms with Crippen molar-refractivity contribution in [3.05, 3.63) is 102 Å². The van der Waals surface area contributed by atoms with Crippen LogP contribution in [-0.2, 0) is 16.1 Å². The molecule has 1 aliphatic rings. The number of carbonyl (C=O) groups excluding carboxylic acids is 1. The van der Waals surface area contributed by atoms with Crippen molar-refractivity contribution in [1.29, 1.82) is 5.26 Å². The number of para-hydroxylation sites is 1. The van der Waals surface area contributed by atoms with Crippen molar-refractivity contribution < 1.29 is 14.3 Å². The van der Waals surface area contributed by atoms with Crippen LogP contribution in [0.4, 0.5) is 0 Å². The maximum Gasteiger partial charge on any atom is 0.310 e. The van der Waals surface area contributed by atoms with Crippen LogP contribution in [0.3, 0.4) is 0 Å². The van der Waals surface area contributed by atoms with E-state index in [0.717, 1.165) is 16.9 Å².